The largest absolute Gasteiger partial charge is 0.495 e. The quantitative estimate of drug-likeness (QED) is 0.779. The van der Waals surface area contributed by atoms with Crippen molar-refractivity contribution in [2.24, 2.45) is 0 Å². The highest BCUT2D eigenvalue weighted by Crippen LogP contribution is 2.28. The van der Waals surface area contributed by atoms with Crippen LogP contribution in [0.2, 0.25) is 0 Å². The lowest BCUT2D eigenvalue weighted by Gasteiger charge is -2.36. The second-order valence-corrected chi connectivity index (χ2v) is 7.59. The van der Waals surface area contributed by atoms with E-state index in [4.69, 9.17) is 9.47 Å². The number of rotatable bonds is 5. The number of benzene rings is 2. The Morgan fingerprint density at radius 3 is 2.28 bits per heavy atom. The van der Waals surface area contributed by atoms with Crippen molar-refractivity contribution < 1.29 is 14.3 Å². The van der Waals surface area contributed by atoms with E-state index in [2.05, 4.69) is 28.0 Å². The molecule has 0 spiro atoms. The summed E-state index contributed by atoms with van der Waals surface area (Å²) in [6.45, 7) is 4.93. The van der Waals surface area contributed by atoms with Crippen LogP contribution < -0.4 is 14.5 Å². The number of nitrogens with zero attached hydrogens (tertiary/aromatic N) is 3. The van der Waals surface area contributed by atoms with E-state index in [1.54, 1.807) is 14.2 Å². The van der Waals surface area contributed by atoms with Crippen LogP contribution in [0, 0.1) is 0 Å². The van der Waals surface area contributed by atoms with E-state index in [1.165, 1.54) is 0 Å². The Bertz CT molecular complexity index is 832. The molecule has 2 fully saturated rings. The number of para-hydroxylation sites is 2. The van der Waals surface area contributed by atoms with Crippen molar-refractivity contribution in [2.45, 2.75) is 12.5 Å². The van der Waals surface area contributed by atoms with Crippen LogP contribution in [-0.2, 0) is 4.74 Å². The van der Waals surface area contributed by atoms with Crippen LogP contribution in [-0.4, -0.2) is 70.4 Å². The maximum absolute atomic E-state index is 12.9. The standard InChI is InChI=1S/C23H29N3O3/c1-28-20-11-12-26(17-20)19-9-7-18(8-10-19)23(27)25-15-13-24(14-16-25)21-5-3-4-6-22(21)29-2/h3-10,20H,11-17H2,1-2H3. The molecule has 0 N–H and O–H groups in total. The fraction of sp³-hybridized carbons (Fsp3) is 0.435. The minimum absolute atomic E-state index is 0.104. The van der Waals surface area contributed by atoms with Gasteiger partial charge in [-0.15, -0.1) is 0 Å². The summed E-state index contributed by atoms with van der Waals surface area (Å²) >= 11 is 0. The van der Waals surface area contributed by atoms with E-state index >= 15 is 0 Å². The van der Waals surface area contributed by atoms with E-state index in [0.29, 0.717) is 19.2 Å². The average Bonchev–Trinajstić information content (AvgIpc) is 3.28. The summed E-state index contributed by atoms with van der Waals surface area (Å²) in [7, 11) is 3.46. The molecule has 2 aliphatic heterocycles. The Morgan fingerprint density at radius 2 is 1.62 bits per heavy atom. The van der Waals surface area contributed by atoms with Crippen molar-refractivity contribution in [3.63, 3.8) is 0 Å². The lowest BCUT2D eigenvalue weighted by atomic mass is 10.1. The van der Waals surface area contributed by atoms with Crippen molar-refractivity contribution >= 4 is 17.3 Å². The highest BCUT2D eigenvalue weighted by atomic mass is 16.5. The van der Waals surface area contributed by atoms with Gasteiger partial charge >= 0.3 is 0 Å². The zero-order chi connectivity index (χ0) is 20.2. The van der Waals surface area contributed by atoms with Gasteiger partial charge in [-0.1, -0.05) is 12.1 Å². The van der Waals surface area contributed by atoms with Gasteiger partial charge in [-0.25, -0.2) is 0 Å². The van der Waals surface area contributed by atoms with Gasteiger partial charge in [-0.3, -0.25) is 4.79 Å². The minimum atomic E-state index is 0.104. The molecule has 154 valence electrons. The molecule has 2 aliphatic rings. The van der Waals surface area contributed by atoms with Crippen LogP contribution in [0.1, 0.15) is 16.8 Å². The fourth-order valence-electron chi connectivity index (χ4n) is 4.19. The van der Waals surface area contributed by atoms with Gasteiger partial charge in [-0.05, 0) is 42.8 Å². The second-order valence-electron chi connectivity index (χ2n) is 7.59. The maximum atomic E-state index is 12.9. The summed E-state index contributed by atoms with van der Waals surface area (Å²) in [5.74, 6) is 0.980. The van der Waals surface area contributed by atoms with Crippen LogP contribution in [0.15, 0.2) is 48.5 Å². The smallest absolute Gasteiger partial charge is 0.253 e. The van der Waals surface area contributed by atoms with E-state index in [1.807, 2.05) is 35.2 Å². The summed E-state index contributed by atoms with van der Waals surface area (Å²) in [4.78, 5) is 19.5. The van der Waals surface area contributed by atoms with Crippen LogP contribution in [0.3, 0.4) is 0 Å². The summed E-state index contributed by atoms with van der Waals surface area (Å²) in [6.07, 6.45) is 1.35. The van der Waals surface area contributed by atoms with E-state index < -0.39 is 0 Å². The minimum Gasteiger partial charge on any atom is -0.495 e. The highest BCUT2D eigenvalue weighted by molar-refractivity contribution is 5.94. The van der Waals surface area contributed by atoms with Gasteiger partial charge in [0, 0.05) is 57.6 Å². The molecule has 0 saturated carbocycles. The highest BCUT2D eigenvalue weighted by Gasteiger charge is 2.25. The first-order chi connectivity index (χ1) is 14.2. The number of piperazine rings is 1. The van der Waals surface area contributed by atoms with Crippen molar-refractivity contribution in [1.82, 2.24) is 4.90 Å². The van der Waals surface area contributed by atoms with Crippen molar-refractivity contribution in [2.75, 3.05) is 63.3 Å². The maximum Gasteiger partial charge on any atom is 0.253 e. The molecule has 2 aromatic rings. The number of carbonyl (C=O) groups excluding carboxylic acids is 1. The lowest BCUT2D eigenvalue weighted by Crippen LogP contribution is -2.48. The molecule has 29 heavy (non-hydrogen) atoms. The Labute approximate surface area is 172 Å². The number of carbonyl (C=O) groups is 1. The monoisotopic (exact) mass is 395 g/mol. The van der Waals surface area contributed by atoms with Gasteiger partial charge in [0.15, 0.2) is 0 Å². The normalized spacial score (nSPS) is 19.5. The SMILES string of the molecule is COc1ccccc1N1CCN(C(=O)c2ccc(N3CCC(OC)C3)cc2)CC1. The summed E-state index contributed by atoms with van der Waals surface area (Å²) in [6, 6.07) is 16.0. The van der Waals surface area contributed by atoms with Crippen LogP contribution >= 0.6 is 0 Å². The third-order valence-corrected chi connectivity index (χ3v) is 5.95. The number of hydrogen-bond donors (Lipinski definition) is 0. The Morgan fingerprint density at radius 1 is 0.897 bits per heavy atom. The molecule has 2 heterocycles. The zero-order valence-corrected chi connectivity index (χ0v) is 17.2. The predicted octanol–water partition coefficient (Wildman–Crippen LogP) is 2.88. The van der Waals surface area contributed by atoms with Gasteiger partial charge in [-0.2, -0.15) is 0 Å². The van der Waals surface area contributed by atoms with E-state index in [-0.39, 0.29) is 5.91 Å². The Balaban J connectivity index is 1.36. The van der Waals surface area contributed by atoms with Crippen LogP contribution in [0.4, 0.5) is 11.4 Å². The Hall–Kier alpha value is -2.73. The molecule has 6 heteroatoms. The van der Waals surface area contributed by atoms with E-state index in [0.717, 1.165) is 55.3 Å². The number of hydrogen-bond acceptors (Lipinski definition) is 5. The molecule has 4 rings (SSSR count). The summed E-state index contributed by atoms with van der Waals surface area (Å²) in [5, 5.41) is 0. The van der Waals surface area contributed by atoms with Crippen molar-refractivity contribution in [3.05, 3.63) is 54.1 Å². The molecule has 0 bridgehead atoms. The molecule has 0 aliphatic carbocycles. The molecule has 0 radical (unpaired) electrons. The molecule has 1 amide bonds. The molecule has 2 aromatic carbocycles. The second kappa shape index (κ2) is 8.74. The van der Waals surface area contributed by atoms with Crippen molar-refractivity contribution in [1.29, 1.82) is 0 Å². The lowest BCUT2D eigenvalue weighted by molar-refractivity contribution is 0.0746. The topological polar surface area (TPSA) is 45.2 Å². The van der Waals surface area contributed by atoms with Gasteiger partial charge in [0.1, 0.15) is 5.75 Å². The van der Waals surface area contributed by atoms with Gasteiger partial charge in [0.05, 0.1) is 18.9 Å². The van der Waals surface area contributed by atoms with Crippen LogP contribution in [0.25, 0.3) is 0 Å². The van der Waals surface area contributed by atoms with Gasteiger partial charge in [0.25, 0.3) is 5.91 Å². The van der Waals surface area contributed by atoms with E-state index in [9.17, 15) is 4.79 Å². The fourth-order valence-corrected chi connectivity index (χ4v) is 4.19. The average molecular weight is 396 g/mol. The van der Waals surface area contributed by atoms with Crippen LogP contribution in [0.5, 0.6) is 5.75 Å². The molecular weight excluding hydrogens is 366 g/mol. The molecule has 1 atom stereocenters. The summed E-state index contributed by atoms with van der Waals surface area (Å²) < 4.78 is 10.9. The molecule has 6 nitrogen and oxygen atoms in total. The van der Waals surface area contributed by atoms with Crippen molar-refractivity contribution in [3.8, 4) is 5.75 Å². The first-order valence-corrected chi connectivity index (χ1v) is 10.2. The Kier molecular flexibility index (Phi) is 5.90. The number of anilines is 2. The first kappa shape index (κ1) is 19.6. The molecule has 2 saturated heterocycles. The third-order valence-electron chi connectivity index (χ3n) is 5.95. The van der Waals surface area contributed by atoms with Gasteiger partial charge < -0.3 is 24.2 Å². The zero-order valence-electron chi connectivity index (χ0n) is 17.2. The molecule has 1 unspecified atom stereocenters. The summed E-state index contributed by atoms with van der Waals surface area (Å²) in [5.41, 5.74) is 3.00. The number of amides is 1. The number of ether oxygens (including phenoxy) is 2. The van der Waals surface area contributed by atoms with Gasteiger partial charge in [0.2, 0.25) is 0 Å². The number of methoxy groups -OCH3 is 2. The third kappa shape index (κ3) is 4.17. The first-order valence-electron chi connectivity index (χ1n) is 10.2. The predicted molar refractivity (Wildman–Crippen MR) is 115 cm³/mol. The molecular formula is C23H29N3O3. The molecule has 0 aromatic heterocycles.